The second-order valence-corrected chi connectivity index (χ2v) is 4.01. The summed E-state index contributed by atoms with van der Waals surface area (Å²) in [5.41, 5.74) is 7.28. The molecule has 1 heterocycles. The molecular weight excluding hydrogens is 232 g/mol. The molecule has 0 bridgehead atoms. The summed E-state index contributed by atoms with van der Waals surface area (Å²) in [6.07, 6.45) is 1.60. The largest absolute Gasteiger partial charge is 0.478 e. The van der Waals surface area contributed by atoms with Crippen LogP contribution in [-0.2, 0) is 6.54 Å². The molecule has 5 nitrogen and oxygen atoms in total. The van der Waals surface area contributed by atoms with Gasteiger partial charge in [0.25, 0.3) is 0 Å². The van der Waals surface area contributed by atoms with Crippen LogP contribution in [0.25, 0.3) is 0 Å². The molecule has 3 N–H and O–H groups in total. The number of nitrogens with zero attached hydrogens (tertiary/aromatic N) is 1. The highest BCUT2D eigenvalue weighted by Crippen LogP contribution is 2.25. The Morgan fingerprint density at radius 2 is 2.22 bits per heavy atom. The van der Waals surface area contributed by atoms with Crippen molar-refractivity contribution in [2.24, 2.45) is 0 Å². The molecule has 2 rings (SSSR count). The van der Waals surface area contributed by atoms with Crippen molar-refractivity contribution in [2.45, 2.75) is 6.54 Å². The molecule has 0 aliphatic carbocycles. The zero-order valence-electron chi connectivity index (χ0n) is 9.96. The van der Waals surface area contributed by atoms with E-state index in [1.807, 2.05) is 18.0 Å². The first kappa shape index (κ1) is 12.0. The maximum atomic E-state index is 10.9. The summed E-state index contributed by atoms with van der Waals surface area (Å²) in [6, 6.07) is 8.30. The summed E-state index contributed by atoms with van der Waals surface area (Å²) in [5.74, 6) is -0.180. The van der Waals surface area contributed by atoms with E-state index in [9.17, 15) is 4.79 Å². The molecule has 0 atom stereocenters. The van der Waals surface area contributed by atoms with Crippen LogP contribution in [0, 0.1) is 0 Å². The molecule has 0 spiro atoms. The van der Waals surface area contributed by atoms with E-state index >= 15 is 0 Å². The Morgan fingerprint density at radius 1 is 1.44 bits per heavy atom. The fraction of sp³-hybridized carbons (Fsp3) is 0.154. The highest BCUT2D eigenvalue weighted by molar-refractivity contribution is 5.90. The van der Waals surface area contributed by atoms with Crippen LogP contribution in [-0.4, -0.2) is 18.1 Å². The van der Waals surface area contributed by atoms with Gasteiger partial charge in [0, 0.05) is 7.05 Å². The van der Waals surface area contributed by atoms with E-state index in [-0.39, 0.29) is 5.56 Å². The molecule has 0 amide bonds. The Labute approximate surface area is 104 Å². The topological polar surface area (TPSA) is 79.7 Å². The van der Waals surface area contributed by atoms with Crippen molar-refractivity contribution in [3.8, 4) is 0 Å². The lowest BCUT2D eigenvalue weighted by Crippen LogP contribution is -2.18. The minimum Gasteiger partial charge on any atom is -0.478 e. The standard InChI is InChI=1S/C13H14N2O3/c1-15(8-10-3-2-6-18-10)12-7-9(13(16)17)4-5-11(12)14/h2-7H,8,14H2,1H3,(H,16,17). The Kier molecular flexibility index (Phi) is 3.23. The van der Waals surface area contributed by atoms with E-state index in [1.54, 1.807) is 24.5 Å². The molecule has 0 unspecified atom stereocenters. The smallest absolute Gasteiger partial charge is 0.335 e. The lowest BCUT2D eigenvalue weighted by molar-refractivity contribution is 0.0697. The molecule has 0 saturated carbocycles. The minimum atomic E-state index is -0.970. The van der Waals surface area contributed by atoms with Crippen LogP contribution in [0.1, 0.15) is 16.1 Å². The second-order valence-electron chi connectivity index (χ2n) is 4.01. The number of carbonyl (C=O) groups is 1. The van der Waals surface area contributed by atoms with Gasteiger partial charge in [-0.2, -0.15) is 0 Å². The van der Waals surface area contributed by atoms with Gasteiger partial charge in [0.05, 0.1) is 29.7 Å². The highest BCUT2D eigenvalue weighted by Gasteiger charge is 2.11. The van der Waals surface area contributed by atoms with Crippen molar-refractivity contribution in [1.29, 1.82) is 0 Å². The van der Waals surface area contributed by atoms with Crippen molar-refractivity contribution in [2.75, 3.05) is 17.7 Å². The van der Waals surface area contributed by atoms with Crippen LogP contribution in [0.15, 0.2) is 41.0 Å². The Bertz CT molecular complexity index is 549. The van der Waals surface area contributed by atoms with Crippen molar-refractivity contribution >= 4 is 17.3 Å². The van der Waals surface area contributed by atoms with Crippen LogP contribution in [0.2, 0.25) is 0 Å². The quantitative estimate of drug-likeness (QED) is 0.808. The average molecular weight is 246 g/mol. The van der Waals surface area contributed by atoms with Gasteiger partial charge in [-0.25, -0.2) is 4.79 Å². The molecule has 0 fully saturated rings. The number of rotatable bonds is 4. The molecule has 1 aromatic heterocycles. The molecule has 0 radical (unpaired) electrons. The summed E-state index contributed by atoms with van der Waals surface area (Å²) in [6.45, 7) is 0.528. The number of carboxylic acids is 1. The van der Waals surface area contributed by atoms with Crippen LogP contribution >= 0.6 is 0 Å². The van der Waals surface area contributed by atoms with Crippen LogP contribution in [0.4, 0.5) is 11.4 Å². The summed E-state index contributed by atoms with van der Waals surface area (Å²) >= 11 is 0. The van der Waals surface area contributed by atoms with Crippen LogP contribution in [0.5, 0.6) is 0 Å². The number of hydrogen-bond acceptors (Lipinski definition) is 4. The van der Waals surface area contributed by atoms with Gasteiger partial charge in [-0.05, 0) is 30.3 Å². The average Bonchev–Trinajstić information content (AvgIpc) is 2.81. The number of nitrogen functional groups attached to an aromatic ring is 1. The van der Waals surface area contributed by atoms with Crippen LogP contribution < -0.4 is 10.6 Å². The van der Waals surface area contributed by atoms with Crippen LogP contribution in [0.3, 0.4) is 0 Å². The monoisotopic (exact) mass is 246 g/mol. The number of hydrogen-bond donors (Lipinski definition) is 2. The molecule has 5 heteroatoms. The van der Waals surface area contributed by atoms with E-state index in [0.29, 0.717) is 17.9 Å². The van der Waals surface area contributed by atoms with Crippen molar-refractivity contribution in [3.05, 3.63) is 47.9 Å². The summed E-state index contributed by atoms with van der Waals surface area (Å²) in [4.78, 5) is 12.8. The predicted molar refractivity (Wildman–Crippen MR) is 68.6 cm³/mol. The maximum Gasteiger partial charge on any atom is 0.335 e. The Balaban J connectivity index is 2.26. The van der Waals surface area contributed by atoms with Gasteiger partial charge in [-0.1, -0.05) is 0 Å². The highest BCUT2D eigenvalue weighted by atomic mass is 16.4. The van der Waals surface area contributed by atoms with E-state index in [2.05, 4.69) is 0 Å². The SMILES string of the molecule is CN(Cc1ccco1)c1cc(C(=O)O)ccc1N. The van der Waals surface area contributed by atoms with E-state index < -0.39 is 5.97 Å². The third-order valence-electron chi connectivity index (χ3n) is 2.66. The summed E-state index contributed by atoms with van der Waals surface area (Å²) in [5, 5.41) is 8.96. The number of aromatic carboxylic acids is 1. The minimum absolute atomic E-state index is 0.213. The Hall–Kier alpha value is -2.43. The first-order valence-corrected chi connectivity index (χ1v) is 5.44. The van der Waals surface area contributed by atoms with Crippen molar-refractivity contribution < 1.29 is 14.3 Å². The normalized spacial score (nSPS) is 10.3. The predicted octanol–water partition coefficient (Wildman–Crippen LogP) is 2.20. The van der Waals surface area contributed by atoms with Gasteiger partial charge in [0.2, 0.25) is 0 Å². The maximum absolute atomic E-state index is 10.9. The zero-order valence-corrected chi connectivity index (χ0v) is 9.96. The first-order chi connectivity index (χ1) is 8.58. The van der Waals surface area contributed by atoms with Gasteiger partial charge in [0.1, 0.15) is 5.76 Å². The fourth-order valence-corrected chi connectivity index (χ4v) is 1.73. The van der Waals surface area contributed by atoms with E-state index in [1.165, 1.54) is 6.07 Å². The lowest BCUT2D eigenvalue weighted by atomic mass is 10.1. The molecule has 0 saturated heterocycles. The van der Waals surface area contributed by atoms with Crippen molar-refractivity contribution in [1.82, 2.24) is 0 Å². The summed E-state index contributed by atoms with van der Waals surface area (Å²) in [7, 11) is 1.83. The molecule has 0 aliphatic heterocycles. The van der Waals surface area contributed by atoms with Gasteiger partial charge in [-0.3, -0.25) is 0 Å². The molecular formula is C13H14N2O3. The Morgan fingerprint density at radius 3 is 2.83 bits per heavy atom. The molecule has 1 aromatic carbocycles. The number of furan rings is 1. The fourth-order valence-electron chi connectivity index (χ4n) is 1.73. The number of anilines is 2. The number of carboxylic acid groups (broad SMARTS) is 1. The molecule has 2 aromatic rings. The molecule has 18 heavy (non-hydrogen) atoms. The number of nitrogens with two attached hydrogens (primary N) is 1. The van der Waals surface area contributed by atoms with E-state index in [0.717, 1.165) is 5.76 Å². The molecule has 0 aliphatic rings. The van der Waals surface area contributed by atoms with Gasteiger partial charge in [0.15, 0.2) is 0 Å². The number of benzene rings is 1. The third-order valence-corrected chi connectivity index (χ3v) is 2.66. The van der Waals surface area contributed by atoms with Gasteiger partial charge < -0.3 is 20.2 Å². The van der Waals surface area contributed by atoms with E-state index in [4.69, 9.17) is 15.3 Å². The third kappa shape index (κ3) is 2.45. The first-order valence-electron chi connectivity index (χ1n) is 5.44. The molecule has 94 valence electrons. The summed E-state index contributed by atoms with van der Waals surface area (Å²) < 4.78 is 5.24. The zero-order chi connectivity index (χ0) is 13.1. The second kappa shape index (κ2) is 4.83. The van der Waals surface area contributed by atoms with Gasteiger partial charge >= 0.3 is 5.97 Å². The van der Waals surface area contributed by atoms with Crippen molar-refractivity contribution in [3.63, 3.8) is 0 Å². The van der Waals surface area contributed by atoms with Gasteiger partial charge in [-0.15, -0.1) is 0 Å². The lowest BCUT2D eigenvalue weighted by Gasteiger charge is -2.20.